The third-order valence-electron chi connectivity index (χ3n) is 5.10. The lowest BCUT2D eigenvalue weighted by Gasteiger charge is -2.27. The summed E-state index contributed by atoms with van der Waals surface area (Å²) in [6.07, 6.45) is 0. The Balaban J connectivity index is 1.94. The summed E-state index contributed by atoms with van der Waals surface area (Å²) in [6.45, 7) is -0.122. The summed E-state index contributed by atoms with van der Waals surface area (Å²) in [5.74, 6) is 0.248. The third-order valence-corrected chi connectivity index (χ3v) is 7.37. The molecule has 180 valence electrons. The van der Waals surface area contributed by atoms with Gasteiger partial charge in [-0.3, -0.25) is 9.10 Å². The standard InChI is InChI=1S/C24H24Cl2N2O5S/c1-27(15-17-4-6-18(25)7-5-17)24(29)16-28(20-10-8-19(26)9-11-20)34(30,31)21-12-13-22(32-2)23(14-21)33-3/h4-14H,15-16H2,1-3H3. The lowest BCUT2D eigenvalue weighted by molar-refractivity contribution is -0.128. The predicted molar refractivity (Wildman–Crippen MR) is 133 cm³/mol. The van der Waals surface area contributed by atoms with Gasteiger partial charge in [0.05, 0.1) is 24.8 Å². The predicted octanol–water partition coefficient (Wildman–Crippen LogP) is 4.86. The molecule has 10 heteroatoms. The molecule has 3 aromatic carbocycles. The van der Waals surface area contributed by atoms with E-state index in [4.69, 9.17) is 32.7 Å². The van der Waals surface area contributed by atoms with Crippen molar-refractivity contribution in [1.29, 1.82) is 0 Å². The Hall–Kier alpha value is -2.94. The lowest BCUT2D eigenvalue weighted by Crippen LogP contribution is -2.41. The van der Waals surface area contributed by atoms with E-state index >= 15 is 0 Å². The van der Waals surface area contributed by atoms with Crippen LogP contribution in [0.15, 0.2) is 71.6 Å². The van der Waals surface area contributed by atoms with Gasteiger partial charge in [0, 0.05) is 29.7 Å². The molecule has 0 aliphatic carbocycles. The van der Waals surface area contributed by atoms with Gasteiger partial charge in [0.1, 0.15) is 6.54 Å². The van der Waals surface area contributed by atoms with Gasteiger partial charge < -0.3 is 14.4 Å². The smallest absolute Gasteiger partial charge is 0.264 e. The number of ether oxygens (including phenoxy) is 2. The van der Waals surface area contributed by atoms with Crippen molar-refractivity contribution < 1.29 is 22.7 Å². The fourth-order valence-electron chi connectivity index (χ4n) is 3.22. The molecule has 0 aliphatic heterocycles. The van der Waals surface area contributed by atoms with Crippen molar-refractivity contribution in [3.05, 3.63) is 82.3 Å². The minimum absolute atomic E-state index is 0.0479. The zero-order valence-electron chi connectivity index (χ0n) is 18.9. The highest BCUT2D eigenvalue weighted by Crippen LogP contribution is 2.32. The zero-order valence-corrected chi connectivity index (χ0v) is 21.2. The lowest BCUT2D eigenvalue weighted by atomic mass is 10.2. The van der Waals surface area contributed by atoms with Crippen molar-refractivity contribution in [2.24, 2.45) is 0 Å². The van der Waals surface area contributed by atoms with Crippen LogP contribution in [0.25, 0.3) is 0 Å². The van der Waals surface area contributed by atoms with Crippen molar-refractivity contribution >= 4 is 44.8 Å². The maximum atomic E-state index is 13.7. The van der Waals surface area contributed by atoms with E-state index < -0.39 is 22.5 Å². The Bertz CT molecular complexity index is 1250. The van der Waals surface area contributed by atoms with E-state index in [1.54, 1.807) is 43.4 Å². The minimum Gasteiger partial charge on any atom is -0.493 e. The number of nitrogens with zero attached hydrogens (tertiary/aromatic N) is 2. The summed E-state index contributed by atoms with van der Waals surface area (Å²) >= 11 is 11.9. The molecule has 0 aromatic heterocycles. The monoisotopic (exact) mass is 522 g/mol. The highest BCUT2D eigenvalue weighted by Gasteiger charge is 2.29. The van der Waals surface area contributed by atoms with Gasteiger partial charge in [-0.15, -0.1) is 0 Å². The Kier molecular flexibility index (Phi) is 8.30. The minimum atomic E-state index is -4.14. The second-order valence-electron chi connectivity index (χ2n) is 7.38. The largest absolute Gasteiger partial charge is 0.493 e. The fraction of sp³-hybridized carbons (Fsp3) is 0.208. The summed E-state index contributed by atoms with van der Waals surface area (Å²) in [5, 5.41) is 1.03. The van der Waals surface area contributed by atoms with Crippen LogP contribution in [0.1, 0.15) is 5.56 Å². The van der Waals surface area contributed by atoms with Gasteiger partial charge in [0.2, 0.25) is 5.91 Å². The molecule has 7 nitrogen and oxygen atoms in total. The van der Waals surface area contributed by atoms with Crippen molar-refractivity contribution in [2.45, 2.75) is 11.4 Å². The van der Waals surface area contributed by atoms with Crippen LogP contribution >= 0.6 is 23.2 Å². The molecule has 3 aromatic rings. The van der Waals surface area contributed by atoms with Crippen molar-refractivity contribution in [1.82, 2.24) is 4.90 Å². The Morgan fingerprint density at radius 1 is 0.853 bits per heavy atom. The number of rotatable bonds is 9. The maximum Gasteiger partial charge on any atom is 0.264 e. The maximum absolute atomic E-state index is 13.7. The van der Waals surface area contributed by atoms with Gasteiger partial charge in [0.15, 0.2) is 11.5 Å². The quantitative estimate of drug-likeness (QED) is 0.400. The third kappa shape index (κ3) is 5.94. The fourth-order valence-corrected chi connectivity index (χ4v) is 4.90. The number of amides is 1. The van der Waals surface area contributed by atoms with Gasteiger partial charge in [0.25, 0.3) is 10.0 Å². The molecule has 34 heavy (non-hydrogen) atoms. The number of hydrogen-bond donors (Lipinski definition) is 0. The van der Waals surface area contributed by atoms with Crippen molar-refractivity contribution in [3.8, 4) is 11.5 Å². The number of likely N-dealkylation sites (N-methyl/N-ethyl adjacent to an activating group) is 1. The summed E-state index contributed by atoms with van der Waals surface area (Å²) < 4.78 is 38.8. The van der Waals surface area contributed by atoms with E-state index in [9.17, 15) is 13.2 Å². The molecule has 0 aliphatic rings. The molecule has 0 atom stereocenters. The van der Waals surface area contributed by atoms with Crippen LogP contribution in [0.3, 0.4) is 0 Å². The first kappa shape index (κ1) is 25.7. The number of sulfonamides is 1. The van der Waals surface area contributed by atoms with Crippen molar-refractivity contribution in [2.75, 3.05) is 32.1 Å². The summed E-state index contributed by atoms with van der Waals surface area (Å²) in [5.41, 5.74) is 1.16. The Morgan fingerprint density at radius 2 is 1.41 bits per heavy atom. The number of benzene rings is 3. The van der Waals surface area contributed by atoms with Crippen LogP contribution < -0.4 is 13.8 Å². The average molecular weight is 523 g/mol. The van der Waals surface area contributed by atoms with Crippen LogP contribution in [0.4, 0.5) is 5.69 Å². The molecule has 3 rings (SSSR count). The second-order valence-corrected chi connectivity index (χ2v) is 10.1. The van der Waals surface area contributed by atoms with E-state index in [0.717, 1.165) is 9.87 Å². The first-order chi connectivity index (χ1) is 16.1. The summed E-state index contributed by atoms with van der Waals surface area (Å²) in [6, 6.07) is 17.6. The molecule has 0 N–H and O–H groups in total. The molecule has 0 saturated carbocycles. The average Bonchev–Trinajstić information content (AvgIpc) is 2.83. The number of carbonyl (C=O) groups excluding carboxylic acids is 1. The summed E-state index contributed by atoms with van der Waals surface area (Å²) in [4.78, 5) is 14.5. The van der Waals surface area contributed by atoms with Crippen LogP contribution in [-0.4, -0.2) is 47.0 Å². The number of halogens is 2. The molecule has 0 radical (unpaired) electrons. The SMILES string of the molecule is COc1ccc(S(=O)(=O)N(CC(=O)N(C)Cc2ccc(Cl)cc2)c2ccc(Cl)cc2)cc1OC. The van der Waals surface area contributed by atoms with Gasteiger partial charge in [-0.1, -0.05) is 35.3 Å². The van der Waals surface area contributed by atoms with Crippen LogP contribution in [0.5, 0.6) is 11.5 Å². The molecule has 0 saturated heterocycles. The molecule has 0 heterocycles. The highest BCUT2D eigenvalue weighted by molar-refractivity contribution is 7.92. The molecule has 0 spiro atoms. The van der Waals surface area contributed by atoms with Crippen LogP contribution in [0.2, 0.25) is 10.0 Å². The van der Waals surface area contributed by atoms with Crippen LogP contribution in [0, 0.1) is 0 Å². The van der Waals surface area contributed by atoms with E-state index in [1.807, 2.05) is 12.1 Å². The molecule has 0 bridgehead atoms. The summed E-state index contributed by atoms with van der Waals surface area (Å²) in [7, 11) is 0.346. The Morgan fingerprint density at radius 3 is 1.97 bits per heavy atom. The second kappa shape index (κ2) is 11.0. The van der Waals surface area contributed by atoms with Gasteiger partial charge in [-0.25, -0.2) is 8.42 Å². The van der Waals surface area contributed by atoms with Gasteiger partial charge in [-0.05, 0) is 54.1 Å². The van der Waals surface area contributed by atoms with Crippen LogP contribution in [-0.2, 0) is 21.4 Å². The highest BCUT2D eigenvalue weighted by atomic mass is 35.5. The normalized spacial score (nSPS) is 11.1. The zero-order chi connectivity index (χ0) is 24.9. The van der Waals surface area contributed by atoms with E-state index in [2.05, 4.69) is 0 Å². The van der Waals surface area contributed by atoms with Gasteiger partial charge >= 0.3 is 0 Å². The first-order valence-corrected chi connectivity index (χ1v) is 12.3. The number of hydrogen-bond acceptors (Lipinski definition) is 5. The van der Waals surface area contributed by atoms with E-state index in [0.29, 0.717) is 28.0 Å². The Labute approximate surface area is 209 Å². The van der Waals surface area contributed by atoms with E-state index in [-0.39, 0.29) is 10.6 Å². The van der Waals surface area contributed by atoms with E-state index in [1.165, 1.54) is 37.3 Å². The van der Waals surface area contributed by atoms with Crippen molar-refractivity contribution in [3.63, 3.8) is 0 Å². The molecule has 0 fully saturated rings. The molecular weight excluding hydrogens is 499 g/mol. The molecule has 0 unspecified atom stereocenters. The number of carbonyl (C=O) groups is 1. The first-order valence-electron chi connectivity index (χ1n) is 10.1. The number of anilines is 1. The van der Waals surface area contributed by atoms with Gasteiger partial charge in [-0.2, -0.15) is 0 Å². The topological polar surface area (TPSA) is 76.2 Å². The molecule has 1 amide bonds. The number of methoxy groups -OCH3 is 2. The molecular formula is C24H24Cl2N2O5S.